The molecule has 0 saturated carbocycles. The first-order valence-corrected chi connectivity index (χ1v) is 8.71. The molecule has 1 aliphatic heterocycles. The van der Waals surface area contributed by atoms with E-state index in [0.29, 0.717) is 13.1 Å². The minimum absolute atomic E-state index is 0.0296. The number of amides is 2. The number of halogens is 1. The summed E-state index contributed by atoms with van der Waals surface area (Å²) in [6.45, 7) is 3.01. The van der Waals surface area contributed by atoms with Crippen molar-refractivity contribution >= 4 is 33.4 Å². The van der Waals surface area contributed by atoms with Gasteiger partial charge in [0.2, 0.25) is 11.8 Å². The van der Waals surface area contributed by atoms with E-state index in [4.69, 9.17) is 0 Å². The quantitative estimate of drug-likeness (QED) is 0.869. The van der Waals surface area contributed by atoms with Crippen LogP contribution in [0.4, 0.5) is 5.69 Å². The Kier molecular flexibility index (Phi) is 5.00. The fraction of sp³-hybridized carbons (Fsp3) is 0.263. The van der Waals surface area contributed by atoms with Crippen LogP contribution >= 0.6 is 15.9 Å². The summed E-state index contributed by atoms with van der Waals surface area (Å²) in [7, 11) is 0. The standard InChI is InChI=1S/C19H19BrN2O2/c1-13-7-8-17(16(20)9-13)21-19(24)15-10-18(23)22(12-15)11-14-5-3-2-4-6-14/h2-9,15H,10-12H2,1H3,(H,21,24). The Labute approximate surface area is 150 Å². The van der Waals surface area contributed by atoms with Crippen molar-refractivity contribution in [2.45, 2.75) is 19.9 Å². The van der Waals surface area contributed by atoms with Crippen LogP contribution in [0, 0.1) is 12.8 Å². The van der Waals surface area contributed by atoms with E-state index in [2.05, 4.69) is 21.2 Å². The Hall–Kier alpha value is -2.14. The number of hydrogen-bond donors (Lipinski definition) is 1. The summed E-state index contributed by atoms with van der Waals surface area (Å²) < 4.78 is 0.848. The average Bonchev–Trinajstić information content (AvgIpc) is 2.92. The maximum atomic E-state index is 12.5. The third-order valence-electron chi connectivity index (χ3n) is 4.18. The molecular weight excluding hydrogens is 368 g/mol. The molecule has 4 nitrogen and oxygen atoms in total. The fourth-order valence-electron chi connectivity index (χ4n) is 2.86. The first-order chi connectivity index (χ1) is 11.5. The molecule has 1 atom stereocenters. The molecule has 0 radical (unpaired) electrons. The van der Waals surface area contributed by atoms with Crippen molar-refractivity contribution in [3.8, 4) is 0 Å². The lowest BCUT2D eigenvalue weighted by Gasteiger charge is -2.17. The normalized spacial score (nSPS) is 17.2. The van der Waals surface area contributed by atoms with Crippen molar-refractivity contribution in [1.82, 2.24) is 4.90 Å². The minimum Gasteiger partial charge on any atom is -0.338 e. The Morgan fingerprint density at radius 3 is 2.71 bits per heavy atom. The molecule has 1 aliphatic rings. The molecule has 2 aromatic rings. The molecule has 1 saturated heterocycles. The molecule has 0 spiro atoms. The maximum Gasteiger partial charge on any atom is 0.229 e. The summed E-state index contributed by atoms with van der Waals surface area (Å²) >= 11 is 3.46. The highest BCUT2D eigenvalue weighted by molar-refractivity contribution is 9.10. The van der Waals surface area contributed by atoms with Gasteiger partial charge in [-0.1, -0.05) is 36.4 Å². The lowest BCUT2D eigenvalue weighted by Crippen LogP contribution is -2.28. The van der Waals surface area contributed by atoms with Crippen LogP contribution < -0.4 is 5.32 Å². The minimum atomic E-state index is -0.311. The Morgan fingerprint density at radius 1 is 1.25 bits per heavy atom. The van der Waals surface area contributed by atoms with Crippen molar-refractivity contribution in [2.24, 2.45) is 5.92 Å². The van der Waals surface area contributed by atoms with Gasteiger partial charge in [0, 0.05) is 24.0 Å². The van der Waals surface area contributed by atoms with Crippen LogP contribution in [-0.2, 0) is 16.1 Å². The molecular formula is C19H19BrN2O2. The summed E-state index contributed by atoms with van der Waals surface area (Å²) in [6, 6.07) is 15.6. The monoisotopic (exact) mass is 386 g/mol. The van der Waals surface area contributed by atoms with Gasteiger partial charge in [0.25, 0.3) is 0 Å². The molecule has 0 aromatic heterocycles. The van der Waals surface area contributed by atoms with Crippen LogP contribution in [-0.4, -0.2) is 23.3 Å². The zero-order valence-electron chi connectivity index (χ0n) is 13.5. The third kappa shape index (κ3) is 3.85. The molecule has 0 aliphatic carbocycles. The van der Waals surface area contributed by atoms with E-state index in [1.807, 2.05) is 55.5 Å². The molecule has 124 valence electrons. The molecule has 24 heavy (non-hydrogen) atoms. The van der Waals surface area contributed by atoms with Gasteiger partial charge < -0.3 is 10.2 Å². The number of nitrogens with one attached hydrogen (secondary N) is 1. The SMILES string of the molecule is Cc1ccc(NC(=O)C2CC(=O)N(Cc3ccccc3)C2)c(Br)c1. The van der Waals surface area contributed by atoms with Gasteiger partial charge >= 0.3 is 0 Å². The maximum absolute atomic E-state index is 12.5. The van der Waals surface area contributed by atoms with Crippen molar-refractivity contribution in [3.05, 3.63) is 64.1 Å². The van der Waals surface area contributed by atoms with Gasteiger partial charge in [-0.15, -0.1) is 0 Å². The number of carbonyl (C=O) groups is 2. The summed E-state index contributed by atoms with van der Waals surface area (Å²) in [6.07, 6.45) is 0.266. The van der Waals surface area contributed by atoms with Gasteiger partial charge in [-0.25, -0.2) is 0 Å². The second-order valence-electron chi connectivity index (χ2n) is 6.13. The number of carbonyl (C=O) groups excluding carboxylic acids is 2. The lowest BCUT2D eigenvalue weighted by atomic mass is 10.1. The number of aryl methyl sites for hydroxylation is 1. The zero-order valence-corrected chi connectivity index (χ0v) is 15.0. The number of hydrogen-bond acceptors (Lipinski definition) is 2. The Morgan fingerprint density at radius 2 is 2.00 bits per heavy atom. The van der Waals surface area contributed by atoms with Crippen molar-refractivity contribution in [3.63, 3.8) is 0 Å². The zero-order chi connectivity index (χ0) is 17.1. The number of benzene rings is 2. The summed E-state index contributed by atoms with van der Waals surface area (Å²) in [5.74, 6) is -0.389. The number of nitrogens with zero attached hydrogens (tertiary/aromatic N) is 1. The first kappa shape index (κ1) is 16.7. The highest BCUT2D eigenvalue weighted by Gasteiger charge is 2.34. The molecule has 5 heteroatoms. The topological polar surface area (TPSA) is 49.4 Å². The van der Waals surface area contributed by atoms with Crippen molar-refractivity contribution < 1.29 is 9.59 Å². The summed E-state index contributed by atoms with van der Waals surface area (Å²) in [4.78, 5) is 26.4. The molecule has 1 N–H and O–H groups in total. The average molecular weight is 387 g/mol. The van der Waals surface area contributed by atoms with Crippen LogP contribution in [0.5, 0.6) is 0 Å². The summed E-state index contributed by atoms with van der Waals surface area (Å²) in [5.41, 5.74) is 2.93. The number of anilines is 1. The largest absolute Gasteiger partial charge is 0.338 e. The van der Waals surface area contributed by atoms with Gasteiger partial charge in [-0.3, -0.25) is 9.59 Å². The van der Waals surface area contributed by atoms with E-state index in [1.54, 1.807) is 4.90 Å². The van der Waals surface area contributed by atoms with E-state index in [0.717, 1.165) is 21.3 Å². The first-order valence-electron chi connectivity index (χ1n) is 7.91. The van der Waals surface area contributed by atoms with Gasteiger partial charge in [-0.2, -0.15) is 0 Å². The predicted molar refractivity (Wildman–Crippen MR) is 97.5 cm³/mol. The van der Waals surface area contributed by atoms with Crippen molar-refractivity contribution in [1.29, 1.82) is 0 Å². The Bertz CT molecular complexity index is 761. The number of likely N-dealkylation sites (tertiary alicyclic amines) is 1. The van der Waals surface area contributed by atoms with Crippen LogP contribution in [0.15, 0.2) is 53.0 Å². The Balaban J connectivity index is 1.63. The molecule has 3 rings (SSSR count). The van der Waals surface area contributed by atoms with Crippen LogP contribution in [0.25, 0.3) is 0 Å². The van der Waals surface area contributed by atoms with Crippen LogP contribution in [0.2, 0.25) is 0 Å². The molecule has 1 fully saturated rings. The second-order valence-corrected chi connectivity index (χ2v) is 6.99. The fourth-order valence-corrected chi connectivity index (χ4v) is 3.45. The number of rotatable bonds is 4. The smallest absolute Gasteiger partial charge is 0.229 e. The molecule has 1 unspecified atom stereocenters. The van der Waals surface area contributed by atoms with Crippen LogP contribution in [0.1, 0.15) is 17.5 Å². The van der Waals surface area contributed by atoms with E-state index in [9.17, 15) is 9.59 Å². The van der Waals surface area contributed by atoms with Gasteiger partial charge in [0.1, 0.15) is 0 Å². The third-order valence-corrected chi connectivity index (χ3v) is 4.84. The van der Waals surface area contributed by atoms with Gasteiger partial charge in [0.15, 0.2) is 0 Å². The molecule has 2 amide bonds. The lowest BCUT2D eigenvalue weighted by molar-refractivity contribution is -0.128. The molecule has 2 aromatic carbocycles. The van der Waals surface area contributed by atoms with Crippen molar-refractivity contribution in [2.75, 3.05) is 11.9 Å². The second kappa shape index (κ2) is 7.18. The van der Waals surface area contributed by atoms with E-state index in [1.165, 1.54) is 0 Å². The van der Waals surface area contributed by atoms with E-state index in [-0.39, 0.29) is 24.2 Å². The molecule has 0 bridgehead atoms. The molecule has 1 heterocycles. The summed E-state index contributed by atoms with van der Waals surface area (Å²) in [5, 5.41) is 2.92. The highest BCUT2D eigenvalue weighted by Crippen LogP contribution is 2.26. The predicted octanol–water partition coefficient (Wildman–Crippen LogP) is 3.74. The van der Waals surface area contributed by atoms with E-state index < -0.39 is 0 Å². The highest BCUT2D eigenvalue weighted by atomic mass is 79.9. The van der Waals surface area contributed by atoms with E-state index >= 15 is 0 Å². The van der Waals surface area contributed by atoms with Gasteiger partial charge in [0.05, 0.1) is 11.6 Å². The van der Waals surface area contributed by atoms with Crippen LogP contribution in [0.3, 0.4) is 0 Å². The van der Waals surface area contributed by atoms with Gasteiger partial charge in [-0.05, 0) is 46.1 Å².